The lowest BCUT2D eigenvalue weighted by Crippen LogP contribution is -2.03. The van der Waals surface area contributed by atoms with E-state index in [0.717, 1.165) is 5.76 Å². The number of furan rings is 1. The van der Waals surface area contributed by atoms with Crippen LogP contribution in [-0.2, 0) is 0 Å². The van der Waals surface area contributed by atoms with Crippen LogP contribution in [0.2, 0.25) is 0 Å². The minimum atomic E-state index is -0.825. The second-order valence-corrected chi connectivity index (χ2v) is 3.48. The summed E-state index contributed by atoms with van der Waals surface area (Å²) >= 11 is 0. The number of methoxy groups -OCH3 is 1. The van der Waals surface area contributed by atoms with Crippen LogP contribution in [0.4, 0.5) is 0 Å². The molecule has 0 aliphatic rings. The molecule has 1 N–H and O–H groups in total. The fourth-order valence-corrected chi connectivity index (χ4v) is 1.55. The van der Waals surface area contributed by atoms with Gasteiger partial charge in [-0.3, -0.25) is 4.98 Å². The summed E-state index contributed by atoms with van der Waals surface area (Å²) in [6.07, 6.45) is 2.32. The normalized spacial score (nSPS) is 12.4. The Bertz CT molecular complexity index is 479. The smallest absolute Gasteiger partial charge is 0.143 e. The Morgan fingerprint density at radius 1 is 1.50 bits per heavy atom. The van der Waals surface area contributed by atoms with Gasteiger partial charge in [-0.15, -0.1) is 0 Å². The zero-order chi connectivity index (χ0) is 11.5. The van der Waals surface area contributed by atoms with Crippen molar-refractivity contribution in [3.63, 3.8) is 0 Å². The molecule has 0 aliphatic carbocycles. The summed E-state index contributed by atoms with van der Waals surface area (Å²) in [5.74, 6) is 1.32. The van der Waals surface area contributed by atoms with Crippen LogP contribution in [0, 0.1) is 6.92 Å². The lowest BCUT2D eigenvalue weighted by atomic mass is 10.1. The first-order valence-electron chi connectivity index (χ1n) is 4.94. The Balaban J connectivity index is 2.36. The maximum atomic E-state index is 10.1. The fraction of sp³-hybridized carbons (Fsp3) is 0.250. The highest BCUT2D eigenvalue weighted by molar-refractivity contribution is 5.34. The standard InChI is InChI=1S/C12H13NO3/c1-8-6-9(7-16-8)12(14)11-10(15-2)4-3-5-13-11/h3-7,12,14H,1-2H3. The number of aliphatic hydroxyl groups excluding tert-OH is 1. The molecule has 0 saturated heterocycles. The van der Waals surface area contributed by atoms with Crippen LogP contribution in [0.5, 0.6) is 5.75 Å². The van der Waals surface area contributed by atoms with E-state index in [1.54, 1.807) is 31.5 Å². The van der Waals surface area contributed by atoms with Crippen LogP contribution in [0.25, 0.3) is 0 Å². The number of pyridine rings is 1. The lowest BCUT2D eigenvalue weighted by molar-refractivity contribution is 0.208. The number of aryl methyl sites for hydroxylation is 1. The molecule has 84 valence electrons. The summed E-state index contributed by atoms with van der Waals surface area (Å²) in [7, 11) is 1.55. The first-order valence-corrected chi connectivity index (χ1v) is 4.94. The molecule has 0 saturated carbocycles. The van der Waals surface area contributed by atoms with Crippen molar-refractivity contribution < 1.29 is 14.3 Å². The number of nitrogens with zero attached hydrogens (tertiary/aromatic N) is 1. The average Bonchev–Trinajstić information content (AvgIpc) is 2.75. The van der Waals surface area contributed by atoms with Crippen LogP contribution < -0.4 is 4.74 Å². The van der Waals surface area contributed by atoms with Gasteiger partial charge in [0.05, 0.1) is 13.4 Å². The van der Waals surface area contributed by atoms with Crippen molar-refractivity contribution >= 4 is 0 Å². The van der Waals surface area contributed by atoms with E-state index in [-0.39, 0.29) is 0 Å². The van der Waals surface area contributed by atoms with Crippen LogP contribution >= 0.6 is 0 Å². The molecule has 1 unspecified atom stereocenters. The van der Waals surface area contributed by atoms with E-state index in [1.807, 2.05) is 6.92 Å². The molecule has 0 spiro atoms. The first-order chi connectivity index (χ1) is 7.72. The maximum Gasteiger partial charge on any atom is 0.143 e. The monoisotopic (exact) mass is 219 g/mol. The predicted octanol–water partition coefficient (Wildman–Crippen LogP) is 2.07. The van der Waals surface area contributed by atoms with Crippen molar-refractivity contribution in [3.05, 3.63) is 47.7 Å². The SMILES string of the molecule is COc1cccnc1C(O)c1coc(C)c1. The molecule has 4 heteroatoms. The van der Waals surface area contributed by atoms with E-state index in [4.69, 9.17) is 9.15 Å². The van der Waals surface area contributed by atoms with E-state index in [9.17, 15) is 5.11 Å². The quantitative estimate of drug-likeness (QED) is 0.858. The molecule has 2 rings (SSSR count). The summed E-state index contributed by atoms with van der Waals surface area (Å²) in [5, 5.41) is 10.1. The third kappa shape index (κ3) is 1.92. The number of aliphatic hydroxyl groups is 1. The largest absolute Gasteiger partial charge is 0.495 e. The molecule has 4 nitrogen and oxygen atoms in total. The van der Waals surface area contributed by atoms with Crippen LogP contribution in [0.15, 0.2) is 35.1 Å². The summed E-state index contributed by atoms with van der Waals surface area (Å²) in [5.41, 5.74) is 1.17. The molecule has 0 aromatic carbocycles. The van der Waals surface area contributed by atoms with Gasteiger partial charge in [-0.05, 0) is 25.1 Å². The Morgan fingerprint density at radius 2 is 2.31 bits per heavy atom. The molecule has 2 aromatic rings. The van der Waals surface area contributed by atoms with E-state index < -0.39 is 6.10 Å². The third-order valence-corrected chi connectivity index (χ3v) is 2.35. The second kappa shape index (κ2) is 4.37. The van der Waals surface area contributed by atoms with Gasteiger partial charge in [-0.25, -0.2) is 0 Å². The Morgan fingerprint density at radius 3 is 2.94 bits per heavy atom. The van der Waals surface area contributed by atoms with Gasteiger partial charge in [0.1, 0.15) is 23.3 Å². The van der Waals surface area contributed by atoms with Crippen molar-refractivity contribution in [2.45, 2.75) is 13.0 Å². The van der Waals surface area contributed by atoms with Gasteiger partial charge in [0.15, 0.2) is 0 Å². The molecule has 1 atom stereocenters. The zero-order valence-electron chi connectivity index (χ0n) is 9.18. The molecule has 2 aromatic heterocycles. The molecule has 0 bridgehead atoms. The highest BCUT2D eigenvalue weighted by atomic mass is 16.5. The Labute approximate surface area is 93.5 Å². The highest BCUT2D eigenvalue weighted by Gasteiger charge is 2.18. The van der Waals surface area contributed by atoms with Gasteiger partial charge in [0.25, 0.3) is 0 Å². The number of rotatable bonds is 3. The van der Waals surface area contributed by atoms with Crippen molar-refractivity contribution in [2.75, 3.05) is 7.11 Å². The fourth-order valence-electron chi connectivity index (χ4n) is 1.55. The first kappa shape index (κ1) is 10.7. The summed E-state index contributed by atoms with van der Waals surface area (Å²) < 4.78 is 10.3. The predicted molar refractivity (Wildman–Crippen MR) is 58.3 cm³/mol. The maximum absolute atomic E-state index is 10.1. The van der Waals surface area contributed by atoms with E-state index >= 15 is 0 Å². The molecule has 0 amide bonds. The number of ether oxygens (including phenoxy) is 1. The van der Waals surface area contributed by atoms with Crippen molar-refractivity contribution in [2.24, 2.45) is 0 Å². The van der Waals surface area contributed by atoms with Gasteiger partial charge in [0, 0.05) is 11.8 Å². The lowest BCUT2D eigenvalue weighted by Gasteiger charge is -2.11. The summed E-state index contributed by atoms with van der Waals surface area (Å²) in [6.45, 7) is 1.83. The Kier molecular flexibility index (Phi) is 2.92. The van der Waals surface area contributed by atoms with Crippen LogP contribution in [-0.4, -0.2) is 17.2 Å². The molecule has 16 heavy (non-hydrogen) atoms. The molecule has 2 heterocycles. The number of hydrogen-bond donors (Lipinski definition) is 1. The number of aromatic nitrogens is 1. The van der Waals surface area contributed by atoms with Crippen LogP contribution in [0.1, 0.15) is 23.1 Å². The molecular weight excluding hydrogens is 206 g/mol. The molecule has 0 aliphatic heterocycles. The minimum absolute atomic E-state index is 0.491. The van der Waals surface area contributed by atoms with Gasteiger partial charge in [-0.1, -0.05) is 0 Å². The Hall–Kier alpha value is -1.81. The second-order valence-electron chi connectivity index (χ2n) is 3.48. The molecular formula is C12H13NO3. The van der Waals surface area contributed by atoms with Crippen molar-refractivity contribution in [1.82, 2.24) is 4.98 Å². The van der Waals surface area contributed by atoms with Gasteiger partial charge in [0.2, 0.25) is 0 Å². The average molecular weight is 219 g/mol. The van der Waals surface area contributed by atoms with E-state index in [1.165, 1.54) is 6.26 Å². The topological polar surface area (TPSA) is 55.5 Å². The summed E-state index contributed by atoms with van der Waals surface area (Å²) in [6, 6.07) is 5.30. The van der Waals surface area contributed by atoms with Gasteiger partial charge < -0.3 is 14.3 Å². The summed E-state index contributed by atoms with van der Waals surface area (Å²) in [4.78, 5) is 4.12. The highest BCUT2D eigenvalue weighted by Crippen LogP contribution is 2.28. The van der Waals surface area contributed by atoms with Crippen molar-refractivity contribution in [1.29, 1.82) is 0 Å². The zero-order valence-corrected chi connectivity index (χ0v) is 9.18. The molecule has 0 radical (unpaired) electrons. The van der Waals surface area contributed by atoms with E-state index in [0.29, 0.717) is 17.0 Å². The van der Waals surface area contributed by atoms with Gasteiger partial charge in [-0.2, -0.15) is 0 Å². The van der Waals surface area contributed by atoms with Crippen molar-refractivity contribution in [3.8, 4) is 5.75 Å². The van der Waals surface area contributed by atoms with Gasteiger partial charge >= 0.3 is 0 Å². The minimum Gasteiger partial charge on any atom is -0.495 e. The molecule has 0 fully saturated rings. The number of hydrogen-bond acceptors (Lipinski definition) is 4. The van der Waals surface area contributed by atoms with Crippen LogP contribution in [0.3, 0.4) is 0 Å². The third-order valence-electron chi connectivity index (χ3n) is 2.35. The van der Waals surface area contributed by atoms with E-state index in [2.05, 4.69) is 4.98 Å².